The van der Waals surface area contributed by atoms with E-state index in [0.29, 0.717) is 6.54 Å². The van der Waals surface area contributed by atoms with Crippen molar-refractivity contribution in [1.82, 2.24) is 10.2 Å². The summed E-state index contributed by atoms with van der Waals surface area (Å²) in [5, 5.41) is 2.59. The maximum absolute atomic E-state index is 11.2. The van der Waals surface area contributed by atoms with E-state index in [0.717, 1.165) is 23.5 Å². The lowest BCUT2D eigenvalue weighted by molar-refractivity contribution is -0.141. The Morgan fingerprint density at radius 1 is 1.36 bits per heavy atom. The summed E-state index contributed by atoms with van der Waals surface area (Å²) in [6.45, 7) is 2.29. The van der Waals surface area contributed by atoms with Gasteiger partial charge in [0.1, 0.15) is 6.54 Å². The van der Waals surface area contributed by atoms with Gasteiger partial charge in [0.2, 0.25) is 5.91 Å². The quantitative estimate of drug-likeness (QED) is 0.613. The third kappa shape index (κ3) is 2.42. The topological polar surface area (TPSA) is 66.5 Å². The zero-order valence-electron chi connectivity index (χ0n) is 7.95. The predicted molar refractivity (Wildman–Crippen MR) is 49.2 cm³/mol. The fraction of sp³-hybridized carbons (Fsp3) is 0.444. The molecular formula is C9H12N2O3. The van der Waals surface area contributed by atoms with Crippen LogP contribution in [-0.2, 0) is 14.4 Å². The summed E-state index contributed by atoms with van der Waals surface area (Å²) in [7, 11) is 0. The number of nitrogens with one attached hydrogen (secondary N) is 1. The molecule has 1 aliphatic rings. The highest BCUT2D eigenvalue weighted by Gasteiger charge is 2.25. The van der Waals surface area contributed by atoms with Gasteiger partial charge in [-0.3, -0.25) is 19.3 Å². The lowest BCUT2D eigenvalue weighted by Crippen LogP contribution is -2.40. The van der Waals surface area contributed by atoms with Crippen molar-refractivity contribution in [3.8, 4) is 0 Å². The van der Waals surface area contributed by atoms with E-state index in [4.69, 9.17) is 0 Å². The van der Waals surface area contributed by atoms with Crippen LogP contribution >= 0.6 is 0 Å². The van der Waals surface area contributed by atoms with E-state index < -0.39 is 11.8 Å². The minimum absolute atomic E-state index is 0.190. The molecule has 0 radical (unpaired) electrons. The average molecular weight is 196 g/mol. The summed E-state index contributed by atoms with van der Waals surface area (Å²) in [6, 6.07) is 0. The van der Waals surface area contributed by atoms with Gasteiger partial charge < -0.3 is 5.32 Å². The summed E-state index contributed by atoms with van der Waals surface area (Å²) < 4.78 is 0. The molecule has 1 rings (SSSR count). The lowest BCUT2D eigenvalue weighted by atomic mass is 10.4. The Morgan fingerprint density at radius 3 is 2.43 bits per heavy atom. The average Bonchev–Trinajstić information content (AvgIpc) is 2.46. The highest BCUT2D eigenvalue weighted by Crippen LogP contribution is 2.01. The van der Waals surface area contributed by atoms with E-state index in [-0.39, 0.29) is 12.5 Å². The van der Waals surface area contributed by atoms with Crippen LogP contribution in [0.15, 0.2) is 12.2 Å². The number of hydrogen-bond acceptors (Lipinski definition) is 3. The minimum atomic E-state index is -0.429. The van der Waals surface area contributed by atoms with E-state index in [9.17, 15) is 14.4 Å². The van der Waals surface area contributed by atoms with Gasteiger partial charge in [-0.1, -0.05) is 6.92 Å². The third-order valence-electron chi connectivity index (χ3n) is 1.77. The second-order valence-electron chi connectivity index (χ2n) is 2.95. The Kier molecular flexibility index (Phi) is 3.39. The molecule has 1 heterocycles. The summed E-state index contributed by atoms with van der Waals surface area (Å²) in [4.78, 5) is 34.1. The van der Waals surface area contributed by atoms with E-state index in [1.54, 1.807) is 0 Å². The number of carbonyl (C=O) groups is 3. The van der Waals surface area contributed by atoms with Crippen LogP contribution in [0.1, 0.15) is 13.3 Å². The first-order valence-electron chi connectivity index (χ1n) is 4.45. The summed E-state index contributed by atoms with van der Waals surface area (Å²) >= 11 is 0. The number of imide groups is 1. The Bertz CT molecular complexity index is 278. The minimum Gasteiger partial charge on any atom is -0.355 e. The smallest absolute Gasteiger partial charge is 0.254 e. The van der Waals surface area contributed by atoms with Crippen molar-refractivity contribution in [2.75, 3.05) is 13.1 Å². The fourth-order valence-electron chi connectivity index (χ4n) is 1.05. The van der Waals surface area contributed by atoms with Gasteiger partial charge in [-0.05, 0) is 6.42 Å². The van der Waals surface area contributed by atoms with Crippen LogP contribution in [0.4, 0.5) is 0 Å². The van der Waals surface area contributed by atoms with Gasteiger partial charge in [0.15, 0.2) is 0 Å². The van der Waals surface area contributed by atoms with Crippen LogP contribution in [0.3, 0.4) is 0 Å². The molecule has 1 N–H and O–H groups in total. The SMILES string of the molecule is CCCNC(=O)CN1C(=O)C=CC1=O. The van der Waals surface area contributed by atoms with Gasteiger partial charge in [0.05, 0.1) is 0 Å². The molecule has 0 aromatic heterocycles. The maximum Gasteiger partial charge on any atom is 0.254 e. The van der Waals surface area contributed by atoms with E-state index in [1.807, 2.05) is 6.92 Å². The Hall–Kier alpha value is -1.65. The van der Waals surface area contributed by atoms with Crippen molar-refractivity contribution in [2.24, 2.45) is 0 Å². The molecular weight excluding hydrogens is 184 g/mol. The van der Waals surface area contributed by atoms with E-state index >= 15 is 0 Å². The number of carbonyl (C=O) groups excluding carboxylic acids is 3. The molecule has 76 valence electrons. The van der Waals surface area contributed by atoms with Crippen LogP contribution in [0, 0.1) is 0 Å². The van der Waals surface area contributed by atoms with Crippen LogP contribution < -0.4 is 5.32 Å². The molecule has 0 bridgehead atoms. The number of amides is 3. The molecule has 3 amide bonds. The molecule has 0 saturated heterocycles. The van der Waals surface area contributed by atoms with Crippen molar-refractivity contribution >= 4 is 17.7 Å². The number of nitrogens with zero attached hydrogens (tertiary/aromatic N) is 1. The van der Waals surface area contributed by atoms with Crippen LogP contribution in [0.5, 0.6) is 0 Å². The first kappa shape index (κ1) is 10.4. The number of rotatable bonds is 4. The predicted octanol–water partition coefficient (Wildman–Crippen LogP) is -0.562. The summed E-state index contributed by atoms with van der Waals surface area (Å²) in [5.41, 5.74) is 0. The highest BCUT2D eigenvalue weighted by atomic mass is 16.2. The fourth-order valence-corrected chi connectivity index (χ4v) is 1.05. The third-order valence-corrected chi connectivity index (χ3v) is 1.77. The Morgan fingerprint density at radius 2 is 1.93 bits per heavy atom. The van der Waals surface area contributed by atoms with Gasteiger partial charge in [-0.25, -0.2) is 0 Å². The molecule has 0 spiro atoms. The van der Waals surface area contributed by atoms with Crippen molar-refractivity contribution in [1.29, 1.82) is 0 Å². The van der Waals surface area contributed by atoms with Crippen molar-refractivity contribution in [2.45, 2.75) is 13.3 Å². The standard InChI is InChI=1S/C9H12N2O3/c1-2-5-10-7(12)6-11-8(13)3-4-9(11)14/h3-4H,2,5-6H2,1H3,(H,10,12). The van der Waals surface area contributed by atoms with Crippen LogP contribution in [0.25, 0.3) is 0 Å². The van der Waals surface area contributed by atoms with Crippen molar-refractivity contribution in [3.63, 3.8) is 0 Å². The largest absolute Gasteiger partial charge is 0.355 e. The molecule has 0 saturated carbocycles. The second-order valence-corrected chi connectivity index (χ2v) is 2.95. The first-order chi connectivity index (χ1) is 6.65. The summed E-state index contributed by atoms with van der Waals surface area (Å²) in [6.07, 6.45) is 3.15. The molecule has 0 aliphatic carbocycles. The van der Waals surface area contributed by atoms with Crippen LogP contribution in [-0.4, -0.2) is 35.7 Å². The molecule has 0 fully saturated rings. The van der Waals surface area contributed by atoms with E-state index in [2.05, 4.69) is 5.32 Å². The lowest BCUT2D eigenvalue weighted by Gasteiger charge is -2.12. The molecule has 14 heavy (non-hydrogen) atoms. The Labute approximate surface area is 81.8 Å². The molecule has 0 atom stereocenters. The van der Waals surface area contributed by atoms with Crippen molar-refractivity contribution < 1.29 is 14.4 Å². The van der Waals surface area contributed by atoms with E-state index in [1.165, 1.54) is 0 Å². The highest BCUT2D eigenvalue weighted by molar-refractivity contribution is 6.14. The van der Waals surface area contributed by atoms with Gasteiger partial charge in [0.25, 0.3) is 11.8 Å². The molecule has 5 heteroatoms. The van der Waals surface area contributed by atoms with Gasteiger partial charge in [-0.2, -0.15) is 0 Å². The molecule has 1 aliphatic heterocycles. The second kappa shape index (κ2) is 4.55. The molecule has 0 aromatic carbocycles. The molecule has 5 nitrogen and oxygen atoms in total. The summed E-state index contributed by atoms with van der Waals surface area (Å²) in [5.74, 6) is -1.17. The van der Waals surface area contributed by atoms with Crippen LogP contribution in [0.2, 0.25) is 0 Å². The maximum atomic E-state index is 11.2. The Balaban J connectivity index is 2.41. The zero-order valence-corrected chi connectivity index (χ0v) is 7.95. The number of hydrogen-bond donors (Lipinski definition) is 1. The van der Waals surface area contributed by atoms with Gasteiger partial charge >= 0.3 is 0 Å². The molecule has 0 unspecified atom stereocenters. The van der Waals surface area contributed by atoms with Gasteiger partial charge in [-0.15, -0.1) is 0 Å². The van der Waals surface area contributed by atoms with Crippen molar-refractivity contribution in [3.05, 3.63) is 12.2 Å². The zero-order chi connectivity index (χ0) is 10.6. The normalized spacial score (nSPS) is 15.1. The monoisotopic (exact) mass is 196 g/mol. The van der Waals surface area contributed by atoms with Gasteiger partial charge in [0, 0.05) is 18.7 Å². The first-order valence-corrected chi connectivity index (χ1v) is 4.45. The molecule has 0 aromatic rings.